The van der Waals surface area contributed by atoms with Gasteiger partial charge in [0.2, 0.25) is 5.91 Å². The van der Waals surface area contributed by atoms with Crippen LogP contribution in [0, 0.1) is 5.92 Å². The Bertz CT molecular complexity index is 277. The zero-order valence-electron chi connectivity index (χ0n) is 12.3. The van der Waals surface area contributed by atoms with Crippen LogP contribution >= 0.6 is 0 Å². The summed E-state index contributed by atoms with van der Waals surface area (Å²) < 4.78 is 0. The van der Waals surface area contributed by atoms with E-state index in [1.54, 1.807) is 0 Å². The predicted octanol–water partition coefficient (Wildman–Crippen LogP) is 1.37. The van der Waals surface area contributed by atoms with E-state index in [0.29, 0.717) is 0 Å². The summed E-state index contributed by atoms with van der Waals surface area (Å²) in [4.78, 5) is 14.5. The molecule has 1 saturated carbocycles. The van der Waals surface area contributed by atoms with E-state index in [9.17, 15) is 4.79 Å². The molecule has 2 N–H and O–H groups in total. The molecule has 19 heavy (non-hydrogen) atoms. The van der Waals surface area contributed by atoms with Crippen molar-refractivity contribution in [3.63, 3.8) is 0 Å². The van der Waals surface area contributed by atoms with Crippen LogP contribution in [0.5, 0.6) is 0 Å². The Morgan fingerprint density at radius 1 is 1.32 bits per heavy atom. The molecule has 2 aliphatic rings. The van der Waals surface area contributed by atoms with Crippen LogP contribution in [0.2, 0.25) is 0 Å². The van der Waals surface area contributed by atoms with Crippen molar-refractivity contribution in [1.29, 1.82) is 0 Å². The summed E-state index contributed by atoms with van der Waals surface area (Å²) in [5.41, 5.74) is 0. The Hall–Kier alpha value is -0.610. The molecule has 1 aliphatic carbocycles. The topological polar surface area (TPSA) is 44.4 Å². The van der Waals surface area contributed by atoms with Gasteiger partial charge in [-0.15, -0.1) is 0 Å². The normalized spacial score (nSPS) is 26.3. The van der Waals surface area contributed by atoms with Crippen LogP contribution in [0.25, 0.3) is 0 Å². The van der Waals surface area contributed by atoms with Gasteiger partial charge < -0.3 is 10.6 Å². The predicted molar refractivity (Wildman–Crippen MR) is 78.1 cm³/mol. The molecule has 0 aromatic carbocycles. The molecule has 1 atom stereocenters. The van der Waals surface area contributed by atoms with E-state index in [1.807, 2.05) is 6.92 Å². The van der Waals surface area contributed by atoms with E-state index in [1.165, 1.54) is 38.5 Å². The molecule has 0 bridgehead atoms. The summed E-state index contributed by atoms with van der Waals surface area (Å²) in [5.74, 6) is 1.09. The first-order valence-electron chi connectivity index (χ1n) is 8.03. The SMILES string of the molecule is CCNC(=O)C1CNCCN1CCC1CCCCC1. The Balaban J connectivity index is 1.79. The summed E-state index contributed by atoms with van der Waals surface area (Å²) in [6, 6.07) is 0.0392. The lowest BCUT2D eigenvalue weighted by atomic mass is 9.87. The number of amides is 1. The minimum absolute atomic E-state index is 0.0392. The largest absolute Gasteiger partial charge is 0.355 e. The van der Waals surface area contributed by atoms with Crippen molar-refractivity contribution in [3.8, 4) is 0 Å². The van der Waals surface area contributed by atoms with Gasteiger partial charge in [-0.2, -0.15) is 0 Å². The molecule has 1 unspecified atom stereocenters. The molecule has 2 rings (SSSR count). The van der Waals surface area contributed by atoms with Crippen molar-refractivity contribution >= 4 is 5.91 Å². The van der Waals surface area contributed by atoms with E-state index < -0.39 is 0 Å². The van der Waals surface area contributed by atoms with Crippen LogP contribution in [0.1, 0.15) is 45.4 Å². The first-order chi connectivity index (χ1) is 9.31. The molecule has 1 amide bonds. The maximum atomic E-state index is 12.1. The second kappa shape index (κ2) is 7.85. The quantitative estimate of drug-likeness (QED) is 0.791. The molecule has 1 aliphatic heterocycles. The molecular formula is C15H29N3O. The third kappa shape index (κ3) is 4.46. The number of carbonyl (C=O) groups is 1. The minimum atomic E-state index is 0.0392. The van der Waals surface area contributed by atoms with Gasteiger partial charge in [0.25, 0.3) is 0 Å². The molecule has 0 radical (unpaired) electrons. The van der Waals surface area contributed by atoms with Crippen LogP contribution in [-0.4, -0.2) is 49.6 Å². The standard InChI is InChI=1S/C15H29N3O/c1-2-17-15(19)14-12-16-9-11-18(14)10-8-13-6-4-3-5-7-13/h13-14,16H,2-12H2,1H3,(H,17,19). The lowest BCUT2D eigenvalue weighted by Gasteiger charge is -2.36. The first kappa shape index (κ1) is 14.8. The monoisotopic (exact) mass is 267 g/mol. The number of hydrogen-bond donors (Lipinski definition) is 2. The summed E-state index contributed by atoms with van der Waals surface area (Å²) in [5, 5.41) is 6.30. The molecule has 0 spiro atoms. The molecule has 1 heterocycles. The van der Waals surface area contributed by atoms with E-state index in [-0.39, 0.29) is 11.9 Å². The lowest BCUT2D eigenvalue weighted by molar-refractivity contribution is -0.127. The van der Waals surface area contributed by atoms with Crippen LogP contribution in [0.3, 0.4) is 0 Å². The number of rotatable bonds is 5. The highest BCUT2D eigenvalue weighted by molar-refractivity contribution is 5.82. The highest BCUT2D eigenvalue weighted by Gasteiger charge is 2.28. The van der Waals surface area contributed by atoms with Gasteiger partial charge in [-0.05, 0) is 25.8 Å². The van der Waals surface area contributed by atoms with E-state index in [4.69, 9.17) is 0 Å². The van der Waals surface area contributed by atoms with Crippen molar-refractivity contribution in [3.05, 3.63) is 0 Å². The van der Waals surface area contributed by atoms with Gasteiger partial charge in [0.05, 0.1) is 0 Å². The molecule has 1 saturated heterocycles. The molecule has 4 heteroatoms. The van der Waals surface area contributed by atoms with Gasteiger partial charge in [0.1, 0.15) is 6.04 Å². The Labute approximate surface area is 117 Å². The molecule has 0 aromatic heterocycles. The van der Waals surface area contributed by atoms with E-state index in [2.05, 4.69) is 15.5 Å². The van der Waals surface area contributed by atoms with Crippen molar-refractivity contribution in [1.82, 2.24) is 15.5 Å². The smallest absolute Gasteiger partial charge is 0.238 e. The molecule has 2 fully saturated rings. The zero-order chi connectivity index (χ0) is 13.5. The fourth-order valence-electron chi connectivity index (χ4n) is 3.39. The molecule has 4 nitrogen and oxygen atoms in total. The van der Waals surface area contributed by atoms with Crippen molar-refractivity contribution in [2.75, 3.05) is 32.7 Å². The van der Waals surface area contributed by atoms with Crippen LogP contribution in [0.4, 0.5) is 0 Å². The van der Waals surface area contributed by atoms with Gasteiger partial charge in [-0.1, -0.05) is 32.1 Å². The Kier molecular flexibility index (Phi) is 6.11. The number of hydrogen-bond acceptors (Lipinski definition) is 3. The average molecular weight is 267 g/mol. The van der Waals surface area contributed by atoms with Crippen LogP contribution < -0.4 is 10.6 Å². The van der Waals surface area contributed by atoms with E-state index in [0.717, 1.165) is 38.6 Å². The fraction of sp³-hybridized carbons (Fsp3) is 0.933. The minimum Gasteiger partial charge on any atom is -0.355 e. The fourth-order valence-corrected chi connectivity index (χ4v) is 3.39. The third-order valence-corrected chi connectivity index (χ3v) is 4.56. The summed E-state index contributed by atoms with van der Waals surface area (Å²) in [6.45, 7) is 6.63. The van der Waals surface area contributed by atoms with Gasteiger partial charge in [-0.3, -0.25) is 9.69 Å². The molecular weight excluding hydrogens is 238 g/mol. The third-order valence-electron chi connectivity index (χ3n) is 4.56. The highest BCUT2D eigenvalue weighted by atomic mass is 16.2. The molecule has 110 valence electrons. The Morgan fingerprint density at radius 2 is 2.11 bits per heavy atom. The number of piperazine rings is 1. The summed E-state index contributed by atoms with van der Waals surface area (Å²) in [6.07, 6.45) is 8.31. The average Bonchev–Trinajstić information content (AvgIpc) is 2.47. The van der Waals surface area contributed by atoms with Gasteiger partial charge >= 0.3 is 0 Å². The second-order valence-corrected chi connectivity index (χ2v) is 5.94. The van der Waals surface area contributed by atoms with Crippen molar-refractivity contribution in [2.45, 2.75) is 51.5 Å². The summed E-state index contributed by atoms with van der Waals surface area (Å²) >= 11 is 0. The maximum absolute atomic E-state index is 12.1. The van der Waals surface area contributed by atoms with Gasteiger partial charge in [0.15, 0.2) is 0 Å². The van der Waals surface area contributed by atoms with Crippen molar-refractivity contribution < 1.29 is 4.79 Å². The number of nitrogens with zero attached hydrogens (tertiary/aromatic N) is 1. The zero-order valence-corrected chi connectivity index (χ0v) is 12.3. The lowest BCUT2D eigenvalue weighted by Crippen LogP contribution is -2.58. The second-order valence-electron chi connectivity index (χ2n) is 5.94. The maximum Gasteiger partial charge on any atom is 0.238 e. The first-order valence-corrected chi connectivity index (χ1v) is 8.03. The molecule has 0 aromatic rings. The van der Waals surface area contributed by atoms with Gasteiger partial charge in [-0.25, -0.2) is 0 Å². The highest BCUT2D eigenvalue weighted by Crippen LogP contribution is 2.26. The number of carbonyl (C=O) groups excluding carboxylic acids is 1. The number of nitrogens with one attached hydrogen (secondary N) is 2. The van der Waals surface area contributed by atoms with Gasteiger partial charge in [0, 0.05) is 26.2 Å². The van der Waals surface area contributed by atoms with E-state index >= 15 is 0 Å². The number of likely N-dealkylation sites (N-methyl/N-ethyl adjacent to an activating group) is 1. The van der Waals surface area contributed by atoms with Crippen molar-refractivity contribution in [2.24, 2.45) is 5.92 Å². The summed E-state index contributed by atoms with van der Waals surface area (Å²) in [7, 11) is 0. The van der Waals surface area contributed by atoms with Crippen LogP contribution in [0.15, 0.2) is 0 Å². The Morgan fingerprint density at radius 3 is 2.84 bits per heavy atom. The van der Waals surface area contributed by atoms with Crippen LogP contribution in [-0.2, 0) is 4.79 Å².